The minimum atomic E-state index is -0.309. The number of rotatable bonds is 4. The van der Waals surface area contributed by atoms with Crippen molar-refractivity contribution < 1.29 is 9.59 Å². The number of hydrogen-bond donors (Lipinski definition) is 0. The first-order valence-corrected chi connectivity index (χ1v) is 11.2. The van der Waals surface area contributed by atoms with E-state index in [0.29, 0.717) is 12.5 Å². The molecule has 0 bridgehead atoms. The molecule has 3 heterocycles. The van der Waals surface area contributed by atoms with E-state index in [-0.39, 0.29) is 11.3 Å². The third-order valence-electron chi connectivity index (χ3n) is 6.77. The van der Waals surface area contributed by atoms with Crippen molar-refractivity contribution in [1.29, 1.82) is 0 Å². The predicted molar refractivity (Wildman–Crippen MR) is 104 cm³/mol. The minimum Gasteiger partial charge on any atom is -0.342 e. The largest absolute Gasteiger partial charge is 0.342 e. The van der Waals surface area contributed by atoms with Crippen LogP contribution < -0.4 is 0 Å². The van der Waals surface area contributed by atoms with Gasteiger partial charge >= 0.3 is 0 Å². The molecule has 1 aliphatic carbocycles. The lowest BCUT2D eigenvalue weighted by atomic mass is 9.78. The van der Waals surface area contributed by atoms with Crippen molar-refractivity contribution in [2.75, 3.05) is 26.2 Å². The molecule has 26 heavy (non-hydrogen) atoms. The Bertz CT molecular complexity index is 638. The molecule has 3 fully saturated rings. The third-order valence-corrected chi connectivity index (χ3v) is 7.45. The molecule has 1 aromatic rings. The second kappa shape index (κ2) is 7.71. The number of carbonyl (C=O) groups excluding carboxylic acids is 2. The molecular weight excluding hydrogens is 344 g/mol. The summed E-state index contributed by atoms with van der Waals surface area (Å²) in [5, 5.41) is 3.85. The molecule has 0 N–H and O–H groups in total. The van der Waals surface area contributed by atoms with Gasteiger partial charge in [0.15, 0.2) is 0 Å². The fourth-order valence-corrected chi connectivity index (χ4v) is 5.80. The quantitative estimate of drug-likeness (QED) is 0.793. The van der Waals surface area contributed by atoms with Gasteiger partial charge in [0.05, 0.1) is 11.0 Å². The Labute approximate surface area is 160 Å². The van der Waals surface area contributed by atoms with Gasteiger partial charge < -0.3 is 9.80 Å². The number of thiophene rings is 1. The summed E-state index contributed by atoms with van der Waals surface area (Å²) in [6.45, 7) is 3.16. The molecule has 2 amide bonds. The molecule has 1 atom stereocenters. The lowest BCUT2D eigenvalue weighted by molar-refractivity contribution is -0.145. The van der Waals surface area contributed by atoms with E-state index in [9.17, 15) is 9.59 Å². The SMILES string of the molecule is O=C(c1ccsc1)N1CCC2(CCCN(CCC3CCCCC3)C2=O)C1. The topological polar surface area (TPSA) is 40.6 Å². The molecule has 5 heteroatoms. The van der Waals surface area contributed by atoms with Gasteiger partial charge in [0.25, 0.3) is 5.91 Å². The molecule has 1 saturated carbocycles. The average molecular weight is 375 g/mol. The van der Waals surface area contributed by atoms with Crippen LogP contribution in [0.2, 0.25) is 0 Å². The molecule has 2 aliphatic heterocycles. The van der Waals surface area contributed by atoms with Gasteiger partial charge in [-0.3, -0.25) is 9.59 Å². The van der Waals surface area contributed by atoms with Crippen molar-refractivity contribution >= 4 is 23.2 Å². The highest BCUT2D eigenvalue weighted by molar-refractivity contribution is 7.08. The summed E-state index contributed by atoms with van der Waals surface area (Å²) >= 11 is 1.55. The molecule has 1 aromatic heterocycles. The maximum absolute atomic E-state index is 13.3. The summed E-state index contributed by atoms with van der Waals surface area (Å²) in [7, 11) is 0. The van der Waals surface area contributed by atoms with E-state index in [2.05, 4.69) is 4.90 Å². The average Bonchev–Trinajstić information content (AvgIpc) is 3.34. The monoisotopic (exact) mass is 374 g/mol. The van der Waals surface area contributed by atoms with Crippen LogP contribution in [0.15, 0.2) is 16.8 Å². The first-order chi connectivity index (χ1) is 12.7. The van der Waals surface area contributed by atoms with Gasteiger partial charge in [-0.1, -0.05) is 32.1 Å². The van der Waals surface area contributed by atoms with Gasteiger partial charge in [-0.05, 0) is 43.0 Å². The highest BCUT2D eigenvalue weighted by Gasteiger charge is 2.49. The second-order valence-corrected chi connectivity index (χ2v) is 9.24. The van der Waals surface area contributed by atoms with Gasteiger partial charge in [0, 0.05) is 31.6 Å². The molecule has 2 saturated heterocycles. The molecule has 4 rings (SSSR count). The number of hydrogen-bond acceptors (Lipinski definition) is 3. The van der Waals surface area contributed by atoms with E-state index >= 15 is 0 Å². The van der Waals surface area contributed by atoms with Crippen LogP contribution in [-0.4, -0.2) is 47.8 Å². The van der Waals surface area contributed by atoms with E-state index in [1.165, 1.54) is 38.5 Å². The van der Waals surface area contributed by atoms with Crippen LogP contribution in [0.5, 0.6) is 0 Å². The molecule has 1 spiro atoms. The highest BCUT2D eigenvalue weighted by Crippen LogP contribution is 2.41. The molecule has 3 aliphatic rings. The molecule has 142 valence electrons. The van der Waals surface area contributed by atoms with Crippen LogP contribution in [-0.2, 0) is 4.79 Å². The van der Waals surface area contributed by atoms with Crippen molar-refractivity contribution in [3.63, 3.8) is 0 Å². The number of nitrogens with zero attached hydrogens (tertiary/aromatic N) is 2. The standard InChI is InChI=1S/C21H30N2O2S/c24-19(18-8-14-26-15-18)23-13-10-21(16-23)9-4-11-22(20(21)25)12-7-17-5-2-1-3-6-17/h8,14-15,17H,1-7,9-13,16H2. The van der Waals surface area contributed by atoms with Gasteiger partial charge in [-0.15, -0.1) is 0 Å². The summed E-state index contributed by atoms with van der Waals surface area (Å²) in [5.41, 5.74) is 0.459. The Balaban J connectivity index is 1.37. The van der Waals surface area contributed by atoms with Crippen LogP contribution in [0, 0.1) is 11.3 Å². The summed E-state index contributed by atoms with van der Waals surface area (Å²) in [6.07, 6.45) is 10.8. The molecule has 1 unspecified atom stereocenters. The zero-order chi connectivity index (χ0) is 18.0. The van der Waals surface area contributed by atoms with E-state index in [1.807, 2.05) is 21.7 Å². The molecule has 4 nitrogen and oxygen atoms in total. The van der Waals surface area contributed by atoms with Crippen LogP contribution in [0.25, 0.3) is 0 Å². The fourth-order valence-electron chi connectivity index (χ4n) is 5.17. The maximum atomic E-state index is 13.3. The highest BCUT2D eigenvalue weighted by atomic mass is 32.1. The zero-order valence-corrected chi connectivity index (χ0v) is 16.4. The summed E-state index contributed by atoms with van der Waals surface area (Å²) < 4.78 is 0. The van der Waals surface area contributed by atoms with Crippen molar-refractivity contribution in [1.82, 2.24) is 9.80 Å². The Kier molecular flexibility index (Phi) is 5.35. The molecule has 0 radical (unpaired) electrons. The van der Waals surface area contributed by atoms with E-state index in [0.717, 1.165) is 50.4 Å². The van der Waals surface area contributed by atoms with Crippen molar-refractivity contribution in [2.24, 2.45) is 11.3 Å². The van der Waals surface area contributed by atoms with Crippen LogP contribution >= 0.6 is 11.3 Å². The zero-order valence-electron chi connectivity index (χ0n) is 15.6. The lowest BCUT2D eigenvalue weighted by Gasteiger charge is -2.40. The molecule has 0 aromatic carbocycles. The smallest absolute Gasteiger partial charge is 0.254 e. The van der Waals surface area contributed by atoms with Crippen molar-refractivity contribution in [2.45, 2.75) is 57.8 Å². The third kappa shape index (κ3) is 3.55. The fraction of sp³-hybridized carbons (Fsp3) is 0.714. The van der Waals surface area contributed by atoms with E-state index < -0.39 is 0 Å². The van der Waals surface area contributed by atoms with Crippen molar-refractivity contribution in [3.8, 4) is 0 Å². The van der Waals surface area contributed by atoms with Crippen LogP contribution in [0.4, 0.5) is 0 Å². The summed E-state index contributed by atoms with van der Waals surface area (Å²) in [6, 6.07) is 1.89. The van der Waals surface area contributed by atoms with Crippen LogP contribution in [0.3, 0.4) is 0 Å². The normalized spacial score (nSPS) is 27.5. The Morgan fingerprint density at radius 1 is 1.15 bits per heavy atom. The van der Waals surface area contributed by atoms with Gasteiger partial charge in [-0.2, -0.15) is 11.3 Å². The van der Waals surface area contributed by atoms with Gasteiger partial charge in [-0.25, -0.2) is 0 Å². The van der Waals surface area contributed by atoms with E-state index in [1.54, 1.807) is 11.3 Å². The predicted octanol–water partition coefficient (Wildman–Crippen LogP) is 4.17. The Hall–Kier alpha value is -1.36. The first-order valence-electron chi connectivity index (χ1n) is 10.3. The summed E-state index contributed by atoms with van der Waals surface area (Å²) in [4.78, 5) is 30.0. The lowest BCUT2D eigenvalue weighted by Crippen LogP contribution is -2.50. The van der Waals surface area contributed by atoms with Crippen LogP contribution in [0.1, 0.15) is 68.1 Å². The van der Waals surface area contributed by atoms with Crippen molar-refractivity contribution in [3.05, 3.63) is 22.4 Å². The minimum absolute atomic E-state index is 0.0928. The second-order valence-electron chi connectivity index (χ2n) is 8.46. The first kappa shape index (κ1) is 18.0. The number of likely N-dealkylation sites (tertiary alicyclic amines) is 2. The van der Waals surface area contributed by atoms with Gasteiger partial charge in [0.2, 0.25) is 5.91 Å². The Morgan fingerprint density at radius 2 is 2.00 bits per heavy atom. The molecular formula is C21H30N2O2S. The number of carbonyl (C=O) groups is 2. The maximum Gasteiger partial charge on any atom is 0.254 e. The van der Waals surface area contributed by atoms with E-state index in [4.69, 9.17) is 0 Å². The number of piperidine rings is 1. The Morgan fingerprint density at radius 3 is 2.77 bits per heavy atom. The number of amides is 2. The summed E-state index contributed by atoms with van der Waals surface area (Å²) in [5.74, 6) is 1.23. The van der Waals surface area contributed by atoms with Gasteiger partial charge in [0.1, 0.15) is 0 Å².